The van der Waals surface area contributed by atoms with Gasteiger partial charge in [0.1, 0.15) is 0 Å². The number of hydrogen-bond donors (Lipinski definition) is 0. The van der Waals surface area contributed by atoms with Gasteiger partial charge in [-0.15, -0.1) is 11.8 Å². The van der Waals surface area contributed by atoms with Gasteiger partial charge in [-0.25, -0.2) is 0 Å². The molecular weight excluding hydrogens is 188 g/mol. The third kappa shape index (κ3) is 3.06. The van der Waals surface area contributed by atoms with Crippen molar-refractivity contribution in [3.8, 4) is 0 Å². The fourth-order valence-electron chi connectivity index (χ4n) is 1.71. The van der Waals surface area contributed by atoms with Gasteiger partial charge in [-0.3, -0.25) is 0 Å². The Kier molecular flexibility index (Phi) is 4.53. The Hall–Kier alpha value is -0.430. The molecule has 0 saturated carbocycles. The molecule has 0 nitrogen and oxygen atoms in total. The lowest BCUT2D eigenvalue weighted by Crippen LogP contribution is -1.89. The molecule has 1 aromatic carbocycles. The molecular formula is C13H20S. The molecule has 0 spiro atoms. The van der Waals surface area contributed by atoms with Crippen LogP contribution in [-0.2, 0) is 0 Å². The van der Waals surface area contributed by atoms with E-state index in [-0.39, 0.29) is 0 Å². The highest BCUT2D eigenvalue weighted by atomic mass is 32.2. The maximum Gasteiger partial charge on any atom is 0.0131 e. The lowest BCUT2D eigenvalue weighted by Gasteiger charge is -2.10. The van der Waals surface area contributed by atoms with Gasteiger partial charge in [0.05, 0.1) is 0 Å². The zero-order valence-corrected chi connectivity index (χ0v) is 10.5. The number of thioether (sulfide) groups is 1. The Labute approximate surface area is 92.1 Å². The van der Waals surface area contributed by atoms with E-state index in [9.17, 15) is 0 Å². The van der Waals surface area contributed by atoms with Crippen LogP contribution in [0, 0.1) is 20.8 Å². The summed E-state index contributed by atoms with van der Waals surface area (Å²) in [6.45, 7) is 8.85. The third-order valence-electron chi connectivity index (χ3n) is 2.35. The second-order valence-corrected chi connectivity index (χ2v) is 5.04. The summed E-state index contributed by atoms with van der Waals surface area (Å²) in [7, 11) is 0. The normalized spacial score (nSPS) is 10.6. The van der Waals surface area contributed by atoms with Gasteiger partial charge < -0.3 is 0 Å². The second-order valence-electron chi connectivity index (χ2n) is 3.93. The van der Waals surface area contributed by atoms with Crippen molar-refractivity contribution in [1.29, 1.82) is 0 Å². The molecule has 14 heavy (non-hydrogen) atoms. The summed E-state index contributed by atoms with van der Waals surface area (Å²) in [5.41, 5.74) is 4.24. The van der Waals surface area contributed by atoms with Crippen LogP contribution in [0.5, 0.6) is 0 Å². The zero-order valence-electron chi connectivity index (χ0n) is 9.68. The quantitative estimate of drug-likeness (QED) is 0.518. The van der Waals surface area contributed by atoms with Crippen LogP contribution in [0.1, 0.15) is 36.5 Å². The summed E-state index contributed by atoms with van der Waals surface area (Å²) in [5.74, 6) is 1.25. The van der Waals surface area contributed by atoms with Gasteiger partial charge in [-0.1, -0.05) is 31.0 Å². The summed E-state index contributed by atoms with van der Waals surface area (Å²) in [5, 5.41) is 0. The molecule has 1 aromatic rings. The molecule has 0 bridgehead atoms. The molecule has 0 aliphatic carbocycles. The molecule has 0 radical (unpaired) electrons. The predicted octanol–water partition coefficient (Wildman–Crippen LogP) is 4.50. The summed E-state index contributed by atoms with van der Waals surface area (Å²) < 4.78 is 0. The van der Waals surface area contributed by atoms with Gasteiger partial charge in [-0.05, 0) is 44.1 Å². The molecule has 1 heteroatoms. The first-order valence-electron chi connectivity index (χ1n) is 5.35. The zero-order chi connectivity index (χ0) is 10.6. The van der Waals surface area contributed by atoms with Crippen LogP contribution < -0.4 is 0 Å². The molecule has 0 N–H and O–H groups in total. The Bertz CT molecular complexity index is 279. The second kappa shape index (κ2) is 5.45. The molecule has 0 aliphatic rings. The van der Waals surface area contributed by atoms with Crippen LogP contribution in [0.3, 0.4) is 0 Å². The van der Waals surface area contributed by atoms with Crippen molar-refractivity contribution in [2.45, 2.75) is 45.4 Å². The number of hydrogen-bond acceptors (Lipinski definition) is 1. The van der Waals surface area contributed by atoms with Gasteiger partial charge in [0, 0.05) is 4.90 Å². The minimum atomic E-state index is 1.25. The van der Waals surface area contributed by atoms with Crippen molar-refractivity contribution >= 4 is 11.8 Å². The monoisotopic (exact) mass is 208 g/mol. The molecule has 0 aliphatic heterocycles. The molecule has 0 atom stereocenters. The van der Waals surface area contributed by atoms with E-state index in [1.54, 1.807) is 0 Å². The van der Waals surface area contributed by atoms with E-state index in [0.717, 1.165) is 0 Å². The van der Waals surface area contributed by atoms with Crippen molar-refractivity contribution in [2.75, 3.05) is 5.75 Å². The predicted molar refractivity (Wildman–Crippen MR) is 66.3 cm³/mol. The third-order valence-corrected chi connectivity index (χ3v) is 3.77. The smallest absolute Gasteiger partial charge is 0.0131 e. The molecule has 0 saturated heterocycles. The average molecular weight is 208 g/mol. The fourth-order valence-corrected chi connectivity index (χ4v) is 2.92. The summed E-state index contributed by atoms with van der Waals surface area (Å²) in [4.78, 5) is 1.49. The van der Waals surface area contributed by atoms with Crippen molar-refractivity contribution in [3.63, 3.8) is 0 Å². The Morgan fingerprint density at radius 2 is 1.64 bits per heavy atom. The highest BCUT2D eigenvalue weighted by Crippen LogP contribution is 2.28. The average Bonchev–Trinajstić information content (AvgIpc) is 2.09. The van der Waals surface area contributed by atoms with E-state index in [1.165, 1.54) is 40.2 Å². The van der Waals surface area contributed by atoms with E-state index in [0.29, 0.717) is 0 Å². The van der Waals surface area contributed by atoms with Gasteiger partial charge in [0.25, 0.3) is 0 Å². The Morgan fingerprint density at radius 1 is 1.07 bits per heavy atom. The summed E-state index contributed by atoms with van der Waals surface area (Å²) >= 11 is 2.01. The standard InChI is InChI=1S/C13H20S/c1-5-6-7-14-13-11(3)8-10(2)9-12(13)4/h8-9H,5-7H2,1-4H3. The van der Waals surface area contributed by atoms with Crippen molar-refractivity contribution in [3.05, 3.63) is 28.8 Å². The van der Waals surface area contributed by atoms with Crippen LogP contribution in [0.4, 0.5) is 0 Å². The van der Waals surface area contributed by atoms with E-state index in [1.807, 2.05) is 11.8 Å². The van der Waals surface area contributed by atoms with Crippen molar-refractivity contribution in [2.24, 2.45) is 0 Å². The summed E-state index contributed by atoms with van der Waals surface area (Å²) in [6.07, 6.45) is 2.61. The van der Waals surface area contributed by atoms with Gasteiger partial charge >= 0.3 is 0 Å². The first-order chi connectivity index (χ1) is 6.65. The lowest BCUT2D eigenvalue weighted by atomic mass is 10.1. The Morgan fingerprint density at radius 3 is 2.14 bits per heavy atom. The number of aryl methyl sites for hydroxylation is 3. The van der Waals surface area contributed by atoms with Crippen LogP contribution in [0.2, 0.25) is 0 Å². The molecule has 0 aromatic heterocycles. The minimum Gasteiger partial charge on any atom is -0.126 e. The van der Waals surface area contributed by atoms with E-state index in [4.69, 9.17) is 0 Å². The molecule has 0 amide bonds. The fraction of sp³-hybridized carbons (Fsp3) is 0.538. The lowest BCUT2D eigenvalue weighted by molar-refractivity contribution is 0.895. The summed E-state index contributed by atoms with van der Waals surface area (Å²) in [6, 6.07) is 4.56. The van der Waals surface area contributed by atoms with E-state index in [2.05, 4.69) is 39.8 Å². The van der Waals surface area contributed by atoms with Crippen LogP contribution in [-0.4, -0.2) is 5.75 Å². The van der Waals surface area contributed by atoms with Crippen molar-refractivity contribution < 1.29 is 0 Å². The van der Waals surface area contributed by atoms with E-state index >= 15 is 0 Å². The number of rotatable bonds is 4. The molecule has 1 rings (SSSR count). The van der Waals surface area contributed by atoms with Crippen LogP contribution >= 0.6 is 11.8 Å². The maximum absolute atomic E-state index is 2.28. The maximum atomic E-state index is 2.28. The largest absolute Gasteiger partial charge is 0.126 e. The molecule has 0 fully saturated rings. The number of benzene rings is 1. The van der Waals surface area contributed by atoms with Gasteiger partial charge in [0.2, 0.25) is 0 Å². The first kappa shape index (κ1) is 11.6. The molecule has 0 unspecified atom stereocenters. The Balaban J connectivity index is 2.75. The van der Waals surface area contributed by atoms with Crippen LogP contribution in [0.25, 0.3) is 0 Å². The molecule has 78 valence electrons. The highest BCUT2D eigenvalue weighted by Gasteiger charge is 2.03. The first-order valence-corrected chi connectivity index (χ1v) is 6.34. The topological polar surface area (TPSA) is 0 Å². The molecule has 0 heterocycles. The van der Waals surface area contributed by atoms with E-state index < -0.39 is 0 Å². The highest BCUT2D eigenvalue weighted by molar-refractivity contribution is 7.99. The number of unbranched alkanes of at least 4 members (excludes halogenated alkanes) is 1. The minimum absolute atomic E-state index is 1.25. The van der Waals surface area contributed by atoms with Crippen LogP contribution in [0.15, 0.2) is 17.0 Å². The van der Waals surface area contributed by atoms with Gasteiger partial charge in [0.15, 0.2) is 0 Å². The SMILES string of the molecule is CCCCSc1c(C)cc(C)cc1C. The van der Waals surface area contributed by atoms with Gasteiger partial charge in [-0.2, -0.15) is 0 Å². The van der Waals surface area contributed by atoms with Crippen molar-refractivity contribution in [1.82, 2.24) is 0 Å².